The van der Waals surface area contributed by atoms with Gasteiger partial charge in [0.2, 0.25) is 23.2 Å². The van der Waals surface area contributed by atoms with Gasteiger partial charge in [-0.05, 0) is 120 Å². The van der Waals surface area contributed by atoms with Crippen LogP contribution in [0.4, 0.5) is 34.1 Å². The van der Waals surface area contributed by atoms with E-state index in [-0.39, 0.29) is 0 Å². The lowest BCUT2D eigenvalue weighted by molar-refractivity contribution is 0.476. The van der Waals surface area contributed by atoms with Crippen molar-refractivity contribution < 1.29 is 18.3 Å². The molecule has 58 heavy (non-hydrogen) atoms. The molecule has 6 aromatic carbocycles. The fourth-order valence-corrected chi connectivity index (χ4v) is 7.81. The molecule has 0 bridgehead atoms. The number of aromatic nitrogens is 4. The zero-order valence-corrected chi connectivity index (χ0v) is 30.5. The van der Waals surface area contributed by atoms with Crippen molar-refractivity contribution in [3.8, 4) is 57.0 Å². The fraction of sp³-hybridized carbons (Fsp3) is 0. The number of hydrogen-bond acceptors (Lipinski definition) is 10. The average Bonchev–Trinajstić information content (AvgIpc) is 3.92. The van der Waals surface area contributed by atoms with Crippen LogP contribution in [0.2, 0.25) is 0 Å². The summed E-state index contributed by atoms with van der Waals surface area (Å²) in [6.45, 7) is 0. The van der Waals surface area contributed by atoms with E-state index in [0.717, 1.165) is 79.4 Å². The third kappa shape index (κ3) is 5.20. The van der Waals surface area contributed by atoms with Crippen LogP contribution in [0.3, 0.4) is 0 Å². The molecule has 4 aromatic heterocycles. The Morgan fingerprint density at radius 2 is 0.724 bits per heavy atom. The molecular formula is C48H28N6O4. The van der Waals surface area contributed by atoms with E-state index in [2.05, 4.69) is 80.4 Å². The van der Waals surface area contributed by atoms with Crippen LogP contribution < -0.4 is 19.3 Å². The van der Waals surface area contributed by atoms with Crippen LogP contribution in [0.5, 0.6) is 23.0 Å². The van der Waals surface area contributed by atoms with Crippen LogP contribution in [-0.2, 0) is 0 Å². The quantitative estimate of drug-likeness (QED) is 0.169. The molecule has 0 unspecified atom stereocenters. The van der Waals surface area contributed by atoms with Crippen LogP contribution in [0.1, 0.15) is 0 Å². The Morgan fingerprint density at radius 3 is 1.10 bits per heavy atom. The van der Waals surface area contributed by atoms with Crippen molar-refractivity contribution in [3.63, 3.8) is 0 Å². The second kappa shape index (κ2) is 12.7. The number of pyridine rings is 2. The molecule has 0 radical (unpaired) electrons. The van der Waals surface area contributed by atoms with Gasteiger partial charge in [0.25, 0.3) is 0 Å². The summed E-state index contributed by atoms with van der Waals surface area (Å²) in [6.07, 6.45) is 3.41. The van der Waals surface area contributed by atoms with Gasteiger partial charge in [0.1, 0.15) is 11.0 Å². The van der Waals surface area contributed by atoms with Crippen LogP contribution >= 0.6 is 0 Å². The maximum Gasteiger partial charge on any atom is 0.247 e. The topological polar surface area (TPSA) is 103 Å². The Bertz CT molecular complexity index is 2870. The van der Waals surface area contributed by atoms with E-state index in [1.54, 1.807) is 12.4 Å². The SMILES string of the molecule is c1ccc2c(c1)Oc1ccccc1N2c1cc(-c2cc(-c3nc4cccnc4o3)cc(N3c4ccccc4Oc4ccccc43)c2)cc(-c2nc3cccnc3o2)c1. The van der Waals surface area contributed by atoms with E-state index in [1.165, 1.54) is 0 Å². The van der Waals surface area contributed by atoms with Gasteiger partial charge < -0.3 is 28.1 Å². The van der Waals surface area contributed by atoms with Crippen LogP contribution in [-0.4, -0.2) is 19.9 Å². The first-order chi connectivity index (χ1) is 28.7. The largest absolute Gasteiger partial charge is 0.453 e. The predicted octanol–water partition coefficient (Wildman–Crippen LogP) is 12.9. The number of ether oxygens (including phenoxy) is 2. The summed E-state index contributed by atoms with van der Waals surface area (Å²) < 4.78 is 25.5. The summed E-state index contributed by atoms with van der Waals surface area (Å²) >= 11 is 0. The van der Waals surface area contributed by atoms with Crippen molar-refractivity contribution in [2.24, 2.45) is 0 Å². The van der Waals surface area contributed by atoms with Gasteiger partial charge in [0, 0.05) is 34.9 Å². The van der Waals surface area contributed by atoms with Gasteiger partial charge in [0.05, 0.1) is 22.7 Å². The summed E-state index contributed by atoms with van der Waals surface area (Å²) in [7, 11) is 0. The molecule has 10 heteroatoms. The molecule has 0 amide bonds. The van der Waals surface area contributed by atoms with E-state index in [0.29, 0.717) is 34.2 Å². The molecule has 10 nitrogen and oxygen atoms in total. The van der Waals surface area contributed by atoms with Gasteiger partial charge in [-0.2, -0.15) is 0 Å². The number of fused-ring (bicyclic) bond motifs is 6. The number of benzene rings is 6. The lowest BCUT2D eigenvalue weighted by Crippen LogP contribution is -2.16. The Hall–Kier alpha value is -8.24. The first kappa shape index (κ1) is 32.0. The molecule has 0 saturated carbocycles. The fourth-order valence-electron chi connectivity index (χ4n) is 7.81. The van der Waals surface area contributed by atoms with Crippen LogP contribution in [0, 0.1) is 0 Å². The molecule has 0 aliphatic carbocycles. The van der Waals surface area contributed by atoms with Crippen molar-refractivity contribution >= 4 is 56.6 Å². The average molecular weight is 753 g/mol. The van der Waals surface area contributed by atoms with E-state index < -0.39 is 0 Å². The third-order valence-corrected chi connectivity index (χ3v) is 10.4. The molecule has 2 aliphatic rings. The minimum absolute atomic E-state index is 0.448. The molecule has 2 aliphatic heterocycles. The Balaban J connectivity index is 1.13. The van der Waals surface area contributed by atoms with Crippen molar-refractivity contribution in [3.05, 3.63) is 170 Å². The highest BCUT2D eigenvalue weighted by atomic mass is 16.5. The second-order valence-electron chi connectivity index (χ2n) is 14.0. The van der Waals surface area contributed by atoms with Gasteiger partial charge in [-0.3, -0.25) is 0 Å². The van der Waals surface area contributed by atoms with Gasteiger partial charge in [-0.1, -0.05) is 48.5 Å². The van der Waals surface area contributed by atoms with Gasteiger partial charge >= 0.3 is 0 Å². The summed E-state index contributed by atoms with van der Waals surface area (Å²) in [5.41, 5.74) is 11.0. The monoisotopic (exact) mass is 752 g/mol. The highest BCUT2D eigenvalue weighted by Gasteiger charge is 2.29. The van der Waals surface area contributed by atoms with Gasteiger partial charge in [-0.15, -0.1) is 0 Å². The maximum atomic E-state index is 6.41. The van der Waals surface area contributed by atoms with Gasteiger partial charge in [-0.25, -0.2) is 19.9 Å². The predicted molar refractivity (Wildman–Crippen MR) is 223 cm³/mol. The normalized spacial score (nSPS) is 12.7. The van der Waals surface area contributed by atoms with Crippen molar-refractivity contribution in [1.82, 2.24) is 19.9 Å². The molecule has 12 rings (SSSR count). The number of nitrogens with zero attached hydrogens (tertiary/aromatic N) is 6. The van der Waals surface area contributed by atoms with E-state index in [1.807, 2.05) is 97.1 Å². The lowest BCUT2D eigenvalue weighted by Gasteiger charge is -2.33. The lowest BCUT2D eigenvalue weighted by atomic mass is 9.97. The number of rotatable bonds is 5. The van der Waals surface area contributed by atoms with Crippen LogP contribution in [0.25, 0.3) is 56.5 Å². The molecule has 0 fully saturated rings. The zero-order valence-electron chi connectivity index (χ0n) is 30.5. The Kier molecular flexibility index (Phi) is 6.99. The molecule has 0 saturated heterocycles. The third-order valence-electron chi connectivity index (χ3n) is 10.4. The smallest absolute Gasteiger partial charge is 0.247 e. The molecule has 0 spiro atoms. The molecule has 0 atom stereocenters. The zero-order chi connectivity index (χ0) is 38.2. The number of hydrogen-bond donors (Lipinski definition) is 0. The number of anilines is 6. The van der Waals surface area contributed by atoms with E-state index >= 15 is 0 Å². The number of oxazole rings is 2. The van der Waals surface area contributed by atoms with Crippen molar-refractivity contribution in [2.75, 3.05) is 9.80 Å². The minimum Gasteiger partial charge on any atom is -0.453 e. The van der Waals surface area contributed by atoms with Gasteiger partial charge in [0.15, 0.2) is 23.0 Å². The molecule has 6 heterocycles. The summed E-state index contributed by atoms with van der Waals surface area (Å²) in [5, 5.41) is 0. The molecule has 0 N–H and O–H groups in total. The van der Waals surface area contributed by atoms with E-state index in [9.17, 15) is 0 Å². The first-order valence-corrected chi connectivity index (χ1v) is 18.8. The van der Waals surface area contributed by atoms with Crippen molar-refractivity contribution in [2.45, 2.75) is 0 Å². The summed E-state index contributed by atoms with van der Waals surface area (Å²) in [4.78, 5) is 23.1. The Morgan fingerprint density at radius 1 is 0.362 bits per heavy atom. The Labute approximate surface area is 330 Å². The number of para-hydroxylation sites is 8. The van der Waals surface area contributed by atoms with E-state index in [4.69, 9.17) is 28.3 Å². The highest BCUT2D eigenvalue weighted by molar-refractivity contribution is 5.93. The van der Waals surface area contributed by atoms with Crippen molar-refractivity contribution in [1.29, 1.82) is 0 Å². The summed E-state index contributed by atoms with van der Waals surface area (Å²) in [5.74, 6) is 3.89. The minimum atomic E-state index is 0.448. The molecule has 10 aromatic rings. The summed E-state index contributed by atoms with van der Waals surface area (Å²) in [6, 6.07) is 52.5. The maximum absolute atomic E-state index is 6.41. The van der Waals surface area contributed by atoms with Crippen LogP contribution in [0.15, 0.2) is 179 Å². The highest BCUT2D eigenvalue weighted by Crippen LogP contribution is 2.53. The standard InChI is InChI=1S/C48H28N6O4/c1-5-17-41-37(13-1)53(38-14-2-6-18-42(38)55-41)33-25-29(23-31(27-33)45-51-35-11-9-21-49-47(35)57-45)30-24-32(46-52-36-12-10-22-50-48(36)58-46)28-34(26-30)54-39-15-3-7-19-43(39)56-44-20-8-4-16-40(44)54/h1-28H. The molecule has 274 valence electrons. The first-order valence-electron chi connectivity index (χ1n) is 18.8. The second-order valence-corrected chi connectivity index (χ2v) is 14.0. The molecular weight excluding hydrogens is 725 g/mol.